The van der Waals surface area contributed by atoms with Gasteiger partial charge in [-0.3, -0.25) is 24.4 Å². The number of hydrogen-bond donors (Lipinski definition) is 2. The lowest BCUT2D eigenvalue weighted by atomic mass is 10.0. The normalized spacial score (nSPS) is 20.2. The van der Waals surface area contributed by atoms with E-state index in [0.717, 1.165) is 19.3 Å². The summed E-state index contributed by atoms with van der Waals surface area (Å²) in [5.74, 6) is -0.617. The lowest BCUT2D eigenvalue weighted by molar-refractivity contribution is -0.0149. The van der Waals surface area contributed by atoms with Crippen LogP contribution in [0.15, 0.2) is 67.3 Å². The Bertz CT molecular complexity index is 1420. The highest BCUT2D eigenvalue weighted by Gasteiger charge is 2.31. The fourth-order valence-corrected chi connectivity index (χ4v) is 5.24. The van der Waals surface area contributed by atoms with Gasteiger partial charge in [0.05, 0.1) is 30.4 Å². The van der Waals surface area contributed by atoms with Crippen LogP contribution in [0.5, 0.6) is 5.75 Å². The minimum absolute atomic E-state index is 0.148. The summed E-state index contributed by atoms with van der Waals surface area (Å²) >= 11 is 0. The van der Waals surface area contributed by atoms with E-state index in [0.29, 0.717) is 35.7 Å². The number of benzene rings is 1. The number of hydrogen-bond acceptors (Lipinski definition) is 8. The molecule has 0 aliphatic carbocycles. The largest absolute Gasteiger partial charge is 0.490 e. The van der Waals surface area contributed by atoms with Gasteiger partial charge in [0, 0.05) is 74.3 Å². The van der Waals surface area contributed by atoms with Crippen molar-refractivity contribution < 1.29 is 29.0 Å². The van der Waals surface area contributed by atoms with Crippen LogP contribution in [-0.2, 0) is 4.74 Å². The molecule has 3 amide bonds. The maximum Gasteiger partial charge on any atom is 0.258 e. The van der Waals surface area contributed by atoms with Gasteiger partial charge in [-0.05, 0) is 75.6 Å². The molecule has 11 heteroatoms. The SMILES string of the molecule is C[C@@H]1CCCCO[C@H](CN(C)C(=O)c2ccncc2)[C@H](C)CN([C@H](C)CO)C(=O)c2cc(NC(=O)c3ccncc3)ccc2O1. The third-order valence-electron chi connectivity index (χ3n) is 7.98. The Morgan fingerprint density at radius 3 is 2.38 bits per heavy atom. The summed E-state index contributed by atoms with van der Waals surface area (Å²) in [5.41, 5.74) is 1.68. The van der Waals surface area contributed by atoms with E-state index < -0.39 is 6.04 Å². The maximum absolute atomic E-state index is 14.3. The van der Waals surface area contributed by atoms with Gasteiger partial charge in [-0.15, -0.1) is 0 Å². The van der Waals surface area contributed by atoms with Gasteiger partial charge in [0.1, 0.15) is 5.75 Å². The minimum atomic E-state index is -0.523. The van der Waals surface area contributed by atoms with Crippen LogP contribution in [0.25, 0.3) is 0 Å². The van der Waals surface area contributed by atoms with Crippen molar-refractivity contribution in [2.24, 2.45) is 5.92 Å². The third-order valence-corrected chi connectivity index (χ3v) is 7.98. The smallest absolute Gasteiger partial charge is 0.258 e. The summed E-state index contributed by atoms with van der Waals surface area (Å²) in [6, 6.07) is 11.1. The number of ether oxygens (including phenoxy) is 2. The lowest BCUT2D eigenvalue weighted by Gasteiger charge is -2.36. The number of nitrogens with one attached hydrogen (secondary N) is 1. The van der Waals surface area contributed by atoms with Gasteiger partial charge in [-0.2, -0.15) is 0 Å². The highest BCUT2D eigenvalue weighted by molar-refractivity contribution is 6.05. The van der Waals surface area contributed by atoms with Crippen LogP contribution < -0.4 is 10.1 Å². The van der Waals surface area contributed by atoms with Crippen molar-refractivity contribution in [1.82, 2.24) is 19.8 Å². The van der Waals surface area contributed by atoms with Crippen LogP contribution in [-0.4, -0.2) is 94.2 Å². The number of likely N-dealkylation sites (N-methyl/N-ethyl adjacent to an activating group) is 1. The molecule has 11 nitrogen and oxygen atoms in total. The monoisotopic (exact) mass is 617 g/mol. The number of aromatic nitrogens is 2. The number of pyridine rings is 2. The molecule has 45 heavy (non-hydrogen) atoms. The van der Waals surface area contributed by atoms with Crippen molar-refractivity contribution in [3.05, 3.63) is 83.9 Å². The van der Waals surface area contributed by atoms with Gasteiger partial charge in [0.2, 0.25) is 0 Å². The second kappa shape index (κ2) is 16.1. The van der Waals surface area contributed by atoms with E-state index in [1.807, 2.05) is 13.8 Å². The fourth-order valence-electron chi connectivity index (χ4n) is 5.24. The van der Waals surface area contributed by atoms with Gasteiger partial charge in [-0.1, -0.05) is 6.92 Å². The molecule has 0 spiro atoms. The number of aliphatic hydroxyl groups excluding tert-OH is 1. The summed E-state index contributed by atoms with van der Waals surface area (Å²) in [7, 11) is 1.74. The molecule has 1 aromatic carbocycles. The predicted octanol–water partition coefficient (Wildman–Crippen LogP) is 4.30. The zero-order valence-corrected chi connectivity index (χ0v) is 26.4. The van der Waals surface area contributed by atoms with Gasteiger partial charge >= 0.3 is 0 Å². The van der Waals surface area contributed by atoms with Gasteiger partial charge in [0.15, 0.2) is 0 Å². The number of anilines is 1. The fraction of sp³-hybridized carbons (Fsp3) is 0.441. The standard InChI is InChI=1S/C34H43N5O6/c1-23-20-39(24(2)22-40)34(43)29-19-28(37-32(41)26-10-14-35-15-11-26)8-9-30(29)45-25(3)7-5-6-18-44-31(23)21-38(4)33(42)27-12-16-36-17-13-27/h8-17,19,23-25,31,40H,5-7,18,20-22H2,1-4H3,(H,37,41)/t23-,24-,25-,31-/m1/s1. The van der Waals surface area contributed by atoms with Crippen molar-refractivity contribution in [2.45, 2.75) is 58.3 Å². The first kappa shape index (κ1) is 33.5. The summed E-state index contributed by atoms with van der Waals surface area (Å²) < 4.78 is 12.6. The molecule has 0 radical (unpaired) electrons. The lowest BCUT2D eigenvalue weighted by Crippen LogP contribution is -2.48. The Hall–Kier alpha value is -4.35. The summed E-state index contributed by atoms with van der Waals surface area (Å²) in [6.45, 7) is 6.54. The Kier molecular flexibility index (Phi) is 12.0. The van der Waals surface area contributed by atoms with Crippen LogP contribution in [0.4, 0.5) is 5.69 Å². The highest BCUT2D eigenvalue weighted by Crippen LogP contribution is 2.29. The molecule has 240 valence electrons. The molecule has 3 aromatic rings. The van der Waals surface area contributed by atoms with Crippen LogP contribution in [0.1, 0.15) is 71.1 Å². The number of aliphatic hydroxyl groups is 1. The van der Waals surface area contributed by atoms with Gasteiger partial charge < -0.3 is 29.7 Å². The molecule has 0 unspecified atom stereocenters. The van der Waals surface area contributed by atoms with Crippen molar-refractivity contribution in [3.63, 3.8) is 0 Å². The highest BCUT2D eigenvalue weighted by atomic mass is 16.5. The number of amides is 3. The summed E-state index contributed by atoms with van der Waals surface area (Å²) in [6.07, 6.45) is 8.09. The average molecular weight is 618 g/mol. The Labute approximate surface area is 264 Å². The van der Waals surface area contributed by atoms with Gasteiger partial charge in [-0.25, -0.2) is 0 Å². The first-order valence-electron chi connectivity index (χ1n) is 15.4. The molecule has 2 N–H and O–H groups in total. The van der Waals surface area contributed by atoms with Crippen LogP contribution >= 0.6 is 0 Å². The number of nitrogens with zero attached hydrogens (tertiary/aromatic N) is 4. The minimum Gasteiger partial charge on any atom is -0.490 e. The quantitative estimate of drug-likeness (QED) is 0.401. The van der Waals surface area contributed by atoms with Crippen LogP contribution in [0.2, 0.25) is 0 Å². The predicted molar refractivity (Wildman–Crippen MR) is 170 cm³/mol. The van der Waals surface area contributed by atoms with Crippen molar-refractivity contribution in [3.8, 4) is 5.75 Å². The molecular formula is C34H43N5O6. The van der Waals surface area contributed by atoms with E-state index in [1.165, 1.54) is 12.4 Å². The first-order valence-corrected chi connectivity index (χ1v) is 15.4. The molecule has 2 aromatic heterocycles. The molecule has 4 rings (SSSR count). The van der Waals surface area contributed by atoms with Crippen LogP contribution in [0, 0.1) is 5.92 Å². The Morgan fingerprint density at radius 2 is 1.71 bits per heavy atom. The Balaban J connectivity index is 1.63. The van der Waals surface area contributed by atoms with E-state index in [1.54, 1.807) is 78.6 Å². The Morgan fingerprint density at radius 1 is 1.04 bits per heavy atom. The van der Waals surface area contributed by atoms with E-state index >= 15 is 0 Å². The molecule has 4 atom stereocenters. The van der Waals surface area contributed by atoms with Crippen molar-refractivity contribution >= 4 is 23.4 Å². The number of rotatable bonds is 7. The molecule has 0 saturated carbocycles. The summed E-state index contributed by atoms with van der Waals surface area (Å²) in [5, 5.41) is 13.0. The van der Waals surface area contributed by atoms with Gasteiger partial charge in [0.25, 0.3) is 17.7 Å². The maximum atomic E-state index is 14.3. The summed E-state index contributed by atoms with van der Waals surface area (Å²) in [4.78, 5) is 51.5. The number of fused-ring (bicyclic) bond motifs is 1. The zero-order chi connectivity index (χ0) is 32.3. The number of carbonyl (C=O) groups is 3. The van der Waals surface area contributed by atoms with E-state index in [9.17, 15) is 19.5 Å². The molecule has 0 saturated heterocycles. The number of carbonyl (C=O) groups excluding carboxylic acids is 3. The molecular weight excluding hydrogens is 574 g/mol. The zero-order valence-electron chi connectivity index (χ0n) is 26.4. The average Bonchev–Trinajstić information content (AvgIpc) is 3.06. The molecule has 1 aliphatic heterocycles. The first-order chi connectivity index (χ1) is 21.7. The molecule has 1 aliphatic rings. The van der Waals surface area contributed by atoms with Crippen LogP contribution in [0.3, 0.4) is 0 Å². The molecule has 0 fully saturated rings. The molecule has 0 bridgehead atoms. The van der Waals surface area contributed by atoms with Crippen molar-refractivity contribution in [1.29, 1.82) is 0 Å². The second-order valence-electron chi connectivity index (χ2n) is 11.6. The van der Waals surface area contributed by atoms with Crippen molar-refractivity contribution in [2.75, 3.05) is 38.7 Å². The topological polar surface area (TPSA) is 134 Å². The van der Waals surface area contributed by atoms with E-state index in [2.05, 4.69) is 15.3 Å². The van der Waals surface area contributed by atoms with E-state index in [4.69, 9.17) is 9.47 Å². The second-order valence-corrected chi connectivity index (χ2v) is 11.6. The third kappa shape index (κ3) is 9.09. The molecule has 3 heterocycles. The van der Waals surface area contributed by atoms with E-state index in [-0.39, 0.29) is 54.6 Å².